The minimum atomic E-state index is -0.743. The fraction of sp³-hybridized carbons (Fsp3) is 0.923. The highest BCUT2D eigenvalue weighted by molar-refractivity contribution is 5.78. The molecule has 1 N–H and O–H groups in total. The van der Waals surface area contributed by atoms with Gasteiger partial charge in [-0.1, -0.05) is 0 Å². The fourth-order valence-electron chi connectivity index (χ4n) is 2.26. The Balaban J connectivity index is 2.07. The summed E-state index contributed by atoms with van der Waals surface area (Å²) >= 11 is 0. The first kappa shape index (κ1) is 16.4. The van der Waals surface area contributed by atoms with Gasteiger partial charge in [0.2, 0.25) is 0 Å². The molecule has 1 heterocycles. The van der Waals surface area contributed by atoms with Crippen molar-refractivity contribution in [2.75, 3.05) is 53.2 Å². The third-order valence-corrected chi connectivity index (χ3v) is 3.56. The average Bonchev–Trinajstić information content (AvgIpc) is 2.76. The molecule has 0 aliphatic carbocycles. The zero-order valence-corrected chi connectivity index (χ0v) is 11.9. The maximum atomic E-state index is 11.3. The van der Waals surface area contributed by atoms with Crippen molar-refractivity contribution in [3.8, 4) is 0 Å². The molecule has 19 heavy (non-hydrogen) atoms. The van der Waals surface area contributed by atoms with Gasteiger partial charge in [0.1, 0.15) is 5.54 Å². The second kappa shape index (κ2) is 8.47. The Bertz CT molecular complexity index is 274. The summed E-state index contributed by atoms with van der Waals surface area (Å²) < 4.78 is 15.6. The van der Waals surface area contributed by atoms with Crippen molar-refractivity contribution in [3.63, 3.8) is 0 Å². The molecule has 1 saturated heterocycles. The molecule has 0 aromatic rings. The van der Waals surface area contributed by atoms with E-state index in [2.05, 4.69) is 0 Å². The van der Waals surface area contributed by atoms with E-state index in [1.54, 1.807) is 14.0 Å². The molecule has 112 valence electrons. The number of carboxylic acids is 1. The van der Waals surface area contributed by atoms with Gasteiger partial charge in [0.25, 0.3) is 0 Å². The molecule has 1 rings (SSSR count). The molecular formula is C13H25NO5. The minimum absolute atomic E-state index is 0.529. The topological polar surface area (TPSA) is 68.2 Å². The second-order valence-electron chi connectivity index (χ2n) is 4.89. The van der Waals surface area contributed by atoms with Crippen LogP contribution in [0.2, 0.25) is 0 Å². The first-order chi connectivity index (χ1) is 9.11. The first-order valence-electron chi connectivity index (χ1n) is 6.74. The third-order valence-electron chi connectivity index (χ3n) is 3.56. The number of carbonyl (C=O) groups is 1. The second-order valence-corrected chi connectivity index (χ2v) is 4.89. The van der Waals surface area contributed by atoms with Gasteiger partial charge in [0, 0.05) is 13.7 Å². The highest BCUT2D eigenvalue weighted by atomic mass is 16.5. The quantitative estimate of drug-likeness (QED) is 0.589. The van der Waals surface area contributed by atoms with Gasteiger partial charge in [-0.05, 0) is 26.3 Å². The smallest absolute Gasteiger partial charge is 0.323 e. The molecule has 0 spiro atoms. The third kappa shape index (κ3) is 5.06. The van der Waals surface area contributed by atoms with Crippen LogP contribution in [0.4, 0.5) is 0 Å². The van der Waals surface area contributed by atoms with E-state index in [0.717, 1.165) is 13.0 Å². The molecular weight excluding hydrogens is 250 g/mol. The Morgan fingerprint density at radius 3 is 2.47 bits per heavy atom. The van der Waals surface area contributed by atoms with Crippen LogP contribution in [0.3, 0.4) is 0 Å². The molecule has 1 aliphatic heterocycles. The van der Waals surface area contributed by atoms with Gasteiger partial charge in [-0.3, -0.25) is 9.69 Å². The van der Waals surface area contributed by atoms with Crippen LogP contribution in [0.5, 0.6) is 0 Å². The maximum absolute atomic E-state index is 11.3. The summed E-state index contributed by atoms with van der Waals surface area (Å²) in [5.41, 5.74) is -0.724. The predicted molar refractivity (Wildman–Crippen MR) is 70.4 cm³/mol. The van der Waals surface area contributed by atoms with Crippen LogP contribution in [0.15, 0.2) is 0 Å². The number of rotatable bonds is 10. The number of likely N-dealkylation sites (tertiary alicyclic amines) is 1. The largest absolute Gasteiger partial charge is 0.480 e. The Labute approximate surface area is 114 Å². The summed E-state index contributed by atoms with van der Waals surface area (Å²) in [6.07, 6.45) is 1.64. The van der Waals surface area contributed by atoms with Gasteiger partial charge in [0.05, 0.1) is 33.0 Å². The number of ether oxygens (including phenoxy) is 3. The Morgan fingerprint density at radius 1 is 1.21 bits per heavy atom. The van der Waals surface area contributed by atoms with Gasteiger partial charge in [-0.15, -0.1) is 0 Å². The number of carboxylic acid groups (broad SMARTS) is 1. The summed E-state index contributed by atoms with van der Waals surface area (Å²) in [4.78, 5) is 13.2. The number of nitrogens with zero attached hydrogens (tertiary/aromatic N) is 1. The lowest BCUT2D eigenvalue weighted by Crippen LogP contribution is -2.49. The zero-order chi connectivity index (χ0) is 14.1. The van der Waals surface area contributed by atoms with Crippen LogP contribution >= 0.6 is 0 Å². The Kier molecular flexibility index (Phi) is 7.30. The monoisotopic (exact) mass is 275 g/mol. The lowest BCUT2D eigenvalue weighted by molar-refractivity contribution is -0.149. The number of aliphatic carboxylic acids is 1. The summed E-state index contributed by atoms with van der Waals surface area (Å²) in [6, 6.07) is 0. The van der Waals surface area contributed by atoms with Gasteiger partial charge >= 0.3 is 5.97 Å². The van der Waals surface area contributed by atoms with Crippen molar-refractivity contribution >= 4 is 5.97 Å². The first-order valence-corrected chi connectivity index (χ1v) is 6.74. The molecule has 1 atom stereocenters. The van der Waals surface area contributed by atoms with E-state index in [-0.39, 0.29) is 0 Å². The average molecular weight is 275 g/mol. The lowest BCUT2D eigenvalue weighted by Gasteiger charge is -2.30. The van der Waals surface area contributed by atoms with Crippen LogP contribution in [-0.2, 0) is 19.0 Å². The van der Waals surface area contributed by atoms with Crippen molar-refractivity contribution < 1.29 is 24.1 Å². The zero-order valence-electron chi connectivity index (χ0n) is 11.9. The highest BCUT2D eigenvalue weighted by Crippen LogP contribution is 2.28. The number of hydrogen-bond acceptors (Lipinski definition) is 5. The predicted octanol–water partition coefficient (Wildman–Crippen LogP) is 0.605. The molecule has 1 fully saturated rings. The molecule has 0 amide bonds. The SMILES string of the molecule is COCCOCCOCCN1CCCC1(C)C(=O)O. The summed E-state index contributed by atoms with van der Waals surface area (Å²) in [6.45, 7) is 6.04. The normalized spacial score (nSPS) is 23.9. The van der Waals surface area contributed by atoms with Crippen LogP contribution in [0.1, 0.15) is 19.8 Å². The van der Waals surface area contributed by atoms with Crippen molar-refractivity contribution in [2.24, 2.45) is 0 Å². The molecule has 0 aromatic carbocycles. The van der Waals surface area contributed by atoms with Crippen molar-refractivity contribution in [3.05, 3.63) is 0 Å². The molecule has 0 aromatic heterocycles. The van der Waals surface area contributed by atoms with E-state index in [0.29, 0.717) is 46.0 Å². The van der Waals surface area contributed by atoms with Gasteiger partial charge in [-0.2, -0.15) is 0 Å². The summed E-state index contributed by atoms with van der Waals surface area (Å²) in [7, 11) is 1.63. The molecule has 1 unspecified atom stereocenters. The van der Waals surface area contributed by atoms with Gasteiger partial charge < -0.3 is 19.3 Å². The molecule has 1 aliphatic rings. The Morgan fingerprint density at radius 2 is 1.84 bits per heavy atom. The molecule has 6 nitrogen and oxygen atoms in total. The Hall–Kier alpha value is -0.690. The van der Waals surface area contributed by atoms with Crippen LogP contribution < -0.4 is 0 Å². The summed E-state index contributed by atoms with van der Waals surface area (Å²) in [5, 5.41) is 9.25. The van der Waals surface area contributed by atoms with E-state index < -0.39 is 11.5 Å². The molecule has 0 radical (unpaired) electrons. The molecule has 6 heteroatoms. The highest BCUT2D eigenvalue weighted by Gasteiger charge is 2.42. The maximum Gasteiger partial charge on any atom is 0.323 e. The minimum Gasteiger partial charge on any atom is -0.480 e. The fourth-order valence-corrected chi connectivity index (χ4v) is 2.26. The van der Waals surface area contributed by atoms with Crippen molar-refractivity contribution in [2.45, 2.75) is 25.3 Å². The van der Waals surface area contributed by atoms with Crippen LogP contribution in [0.25, 0.3) is 0 Å². The van der Waals surface area contributed by atoms with Crippen molar-refractivity contribution in [1.82, 2.24) is 4.90 Å². The summed E-state index contributed by atoms with van der Waals surface area (Å²) in [5.74, 6) is -0.743. The van der Waals surface area contributed by atoms with E-state index in [9.17, 15) is 9.90 Å². The number of hydrogen-bond donors (Lipinski definition) is 1. The molecule has 0 saturated carbocycles. The standard InChI is InChI=1S/C13H25NO5/c1-13(12(15)16)4-3-5-14(13)6-7-18-10-11-19-9-8-17-2/h3-11H2,1-2H3,(H,15,16). The van der Waals surface area contributed by atoms with Crippen LogP contribution in [-0.4, -0.2) is 74.7 Å². The molecule has 0 bridgehead atoms. The van der Waals surface area contributed by atoms with Crippen LogP contribution in [0, 0.1) is 0 Å². The van der Waals surface area contributed by atoms with E-state index in [1.807, 2.05) is 4.90 Å². The lowest BCUT2D eigenvalue weighted by atomic mass is 9.99. The van der Waals surface area contributed by atoms with Gasteiger partial charge in [0.15, 0.2) is 0 Å². The number of methoxy groups -OCH3 is 1. The van der Waals surface area contributed by atoms with E-state index in [4.69, 9.17) is 14.2 Å². The van der Waals surface area contributed by atoms with E-state index in [1.165, 1.54) is 0 Å². The van der Waals surface area contributed by atoms with Crippen molar-refractivity contribution in [1.29, 1.82) is 0 Å². The van der Waals surface area contributed by atoms with Gasteiger partial charge in [-0.25, -0.2) is 0 Å². The van der Waals surface area contributed by atoms with E-state index >= 15 is 0 Å².